The van der Waals surface area contributed by atoms with E-state index >= 15 is 0 Å². The van der Waals surface area contributed by atoms with Crippen LogP contribution in [0.1, 0.15) is 21.6 Å². The molecule has 0 unspecified atom stereocenters. The monoisotopic (exact) mass is 428 g/mol. The Balaban J connectivity index is 1.15. The molecular weight excluding hydrogens is 404 g/mol. The third-order valence-electron chi connectivity index (χ3n) is 5.98. The fourth-order valence-electron chi connectivity index (χ4n) is 4.18. The predicted octanol–water partition coefficient (Wildman–Crippen LogP) is 2.99. The highest BCUT2D eigenvalue weighted by atomic mass is 16.2. The average molecular weight is 428 g/mol. The van der Waals surface area contributed by atoms with Gasteiger partial charge in [0.25, 0.3) is 5.91 Å². The lowest BCUT2D eigenvalue weighted by molar-refractivity contribution is 0.0740. The first-order chi connectivity index (χ1) is 15.7. The molecule has 0 radical (unpaired) electrons. The molecule has 0 bridgehead atoms. The number of anilines is 2. The van der Waals surface area contributed by atoms with Crippen molar-refractivity contribution in [2.75, 3.05) is 36.4 Å². The summed E-state index contributed by atoms with van der Waals surface area (Å²) < 4.78 is 0. The van der Waals surface area contributed by atoms with Crippen LogP contribution in [0.2, 0.25) is 0 Å². The lowest BCUT2D eigenvalue weighted by Crippen LogP contribution is -2.49. The first-order valence-electron chi connectivity index (χ1n) is 10.7. The molecule has 5 rings (SSSR count). The number of hydrogen-bond donors (Lipinski definition) is 1. The highest BCUT2D eigenvalue weighted by Crippen LogP contribution is 2.24. The van der Waals surface area contributed by atoms with Crippen LogP contribution in [0.5, 0.6) is 0 Å². The van der Waals surface area contributed by atoms with Crippen molar-refractivity contribution in [3.8, 4) is 0 Å². The van der Waals surface area contributed by atoms with E-state index in [4.69, 9.17) is 0 Å². The number of rotatable bonds is 3. The first-order valence-corrected chi connectivity index (χ1v) is 10.7. The molecule has 8 heteroatoms. The zero-order valence-corrected chi connectivity index (χ0v) is 17.6. The number of carbonyl (C=O) groups is 2. The van der Waals surface area contributed by atoms with Gasteiger partial charge in [0.1, 0.15) is 12.0 Å². The highest BCUT2D eigenvalue weighted by molar-refractivity contribution is 5.92. The zero-order valence-electron chi connectivity index (χ0n) is 17.6. The zero-order chi connectivity index (χ0) is 21.9. The van der Waals surface area contributed by atoms with Crippen molar-refractivity contribution in [2.24, 2.45) is 0 Å². The molecule has 2 aromatic carbocycles. The minimum Gasteiger partial charge on any atom is -0.368 e. The number of amides is 3. The quantitative estimate of drug-likeness (QED) is 0.694. The van der Waals surface area contributed by atoms with Crippen molar-refractivity contribution >= 4 is 23.3 Å². The number of piperazine rings is 1. The molecule has 3 aromatic rings. The largest absolute Gasteiger partial charge is 0.368 e. The molecule has 3 amide bonds. The summed E-state index contributed by atoms with van der Waals surface area (Å²) in [5.41, 5.74) is 4.68. The SMILES string of the molecule is O=C(Nc1ccc(N2CCN(C(=O)c3ccncn3)CC2)cc1)N1Cc2ccccc2C1. The Morgan fingerprint density at radius 2 is 1.50 bits per heavy atom. The number of nitrogens with zero attached hydrogens (tertiary/aromatic N) is 5. The fraction of sp³-hybridized carbons (Fsp3) is 0.250. The normalized spacial score (nSPS) is 15.4. The molecule has 0 aliphatic carbocycles. The molecule has 2 aliphatic heterocycles. The van der Waals surface area contributed by atoms with Crippen LogP contribution >= 0.6 is 0 Å². The lowest BCUT2D eigenvalue weighted by Gasteiger charge is -2.36. The lowest BCUT2D eigenvalue weighted by atomic mass is 10.1. The molecule has 0 atom stereocenters. The first kappa shape index (κ1) is 20.0. The Hall–Kier alpha value is -3.94. The standard InChI is InChI=1S/C24H24N6O2/c31-23(22-9-10-25-17-26-22)29-13-11-28(12-14-29)21-7-5-20(6-8-21)27-24(32)30-15-18-3-1-2-4-19(18)16-30/h1-10,17H,11-16H2,(H,27,32). The van der Waals surface area contributed by atoms with Gasteiger partial charge in [0.15, 0.2) is 0 Å². The maximum absolute atomic E-state index is 12.6. The van der Waals surface area contributed by atoms with Gasteiger partial charge >= 0.3 is 6.03 Å². The molecule has 162 valence electrons. The third kappa shape index (κ3) is 4.12. The van der Waals surface area contributed by atoms with E-state index in [9.17, 15) is 9.59 Å². The van der Waals surface area contributed by atoms with E-state index in [0.717, 1.165) is 24.5 Å². The minimum atomic E-state index is -0.0919. The molecule has 1 saturated heterocycles. The van der Waals surface area contributed by atoms with Gasteiger partial charge in [-0.3, -0.25) is 4.79 Å². The van der Waals surface area contributed by atoms with E-state index in [0.29, 0.717) is 31.9 Å². The van der Waals surface area contributed by atoms with Gasteiger partial charge in [0.2, 0.25) is 0 Å². The number of fused-ring (bicyclic) bond motifs is 1. The summed E-state index contributed by atoms with van der Waals surface area (Å²) in [6, 6.07) is 17.6. The smallest absolute Gasteiger partial charge is 0.322 e. The molecule has 1 aromatic heterocycles. The molecule has 1 N–H and O–H groups in total. The summed E-state index contributed by atoms with van der Waals surface area (Å²) in [7, 11) is 0. The fourth-order valence-corrected chi connectivity index (χ4v) is 4.18. The Morgan fingerprint density at radius 1 is 0.812 bits per heavy atom. The van der Waals surface area contributed by atoms with E-state index in [1.165, 1.54) is 17.5 Å². The summed E-state index contributed by atoms with van der Waals surface area (Å²) >= 11 is 0. The number of carbonyl (C=O) groups excluding carboxylic acids is 2. The van der Waals surface area contributed by atoms with E-state index in [2.05, 4.69) is 32.3 Å². The molecule has 32 heavy (non-hydrogen) atoms. The van der Waals surface area contributed by atoms with Crippen LogP contribution in [0, 0.1) is 0 Å². The van der Waals surface area contributed by atoms with Crippen LogP contribution in [0.15, 0.2) is 67.1 Å². The van der Waals surface area contributed by atoms with E-state index in [-0.39, 0.29) is 11.9 Å². The van der Waals surface area contributed by atoms with Crippen LogP contribution in [0.3, 0.4) is 0 Å². The Kier molecular flexibility index (Phi) is 5.41. The summed E-state index contributed by atoms with van der Waals surface area (Å²) in [6.45, 7) is 4.03. The van der Waals surface area contributed by atoms with Gasteiger partial charge < -0.3 is 20.0 Å². The van der Waals surface area contributed by atoms with Crippen molar-refractivity contribution in [1.29, 1.82) is 0 Å². The molecule has 8 nitrogen and oxygen atoms in total. The van der Waals surface area contributed by atoms with Gasteiger partial charge in [-0.05, 0) is 41.5 Å². The van der Waals surface area contributed by atoms with Gasteiger partial charge in [-0.15, -0.1) is 0 Å². The van der Waals surface area contributed by atoms with Gasteiger partial charge in [-0.1, -0.05) is 24.3 Å². The van der Waals surface area contributed by atoms with Crippen LogP contribution in [0.25, 0.3) is 0 Å². The number of nitrogens with one attached hydrogen (secondary N) is 1. The summed E-state index contributed by atoms with van der Waals surface area (Å²) in [5.74, 6) is -0.0610. The van der Waals surface area contributed by atoms with Crippen molar-refractivity contribution in [3.05, 3.63) is 83.9 Å². The number of urea groups is 1. The number of hydrogen-bond acceptors (Lipinski definition) is 5. The topological polar surface area (TPSA) is 81.7 Å². The second kappa shape index (κ2) is 8.66. The predicted molar refractivity (Wildman–Crippen MR) is 121 cm³/mol. The average Bonchev–Trinajstić information content (AvgIpc) is 3.29. The highest BCUT2D eigenvalue weighted by Gasteiger charge is 2.24. The number of benzene rings is 2. The van der Waals surface area contributed by atoms with Crippen LogP contribution in [0.4, 0.5) is 16.2 Å². The van der Waals surface area contributed by atoms with Gasteiger partial charge in [0, 0.05) is 56.8 Å². The van der Waals surface area contributed by atoms with Crippen molar-refractivity contribution in [3.63, 3.8) is 0 Å². The molecular formula is C24H24N6O2. The Labute approximate surface area is 186 Å². The Bertz CT molecular complexity index is 1090. The Morgan fingerprint density at radius 3 is 2.12 bits per heavy atom. The summed E-state index contributed by atoms with van der Waals surface area (Å²) in [5, 5.41) is 2.99. The molecule has 2 aliphatic rings. The number of aromatic nitrogens is 2. The van der Waals surface area contributed by atoms with Gasteiger partial charge in [-0.2, -0.15) is 0 Å². The third-order valence-corrected chi connectivity index (χ3v) is 5.98. The van der Waals surface area contributed by atoms with Crippen molar-refractivity contribution in [1.82, 2.24) is 19.8 Å². The second-order valence-electron chi connectivity index (χ2n) is 7.98. The summed E-state index contributed by atoms with van der Waals surface area (Å²) in [6.07, 6.45) is 2.98. The van der Waals surface area contributed by atoms with E-state index < -0.39 is 0 Å². The van der Waals surface area contributed by atoms with Crippen molar-refractivity contribution < 1.29 is 9.59 Å². The maximum atomic E-state index is 12.6. The minimum absolute atomic E-state index is 0.0610. The second-order valence-corrected chi connectivity index (χ2v) is 7.98. The molecule has 0 saturated carbocycles. The van der Waals surface area contributed by atoms with Crippen molar-refractivity contribution in [2.45, 2.75) is 13.1 Å². The molecule has 1 fully saturated rings. The van der Waals surface area contributed by atoms with Gasteiger partial charge in [0.05, 0.1) is 0 Å². The van der Waals surface area contributed by atoms with Crippen LogP contribution < -0.4 is 10.2 Å². The van der Waals surface area contributed by atoms with Gasteiger partial charge in [-0.25, -0.2) is 14.8 Å². The van der Waals surface area contributed by atoms with E-state index in [1.807, 2.05) is 46.2 Å². The summed E-state index contributed by atoms with van der Waals surface area (Å²) in [4.78, 5) is 39.0. The van der Waals surface area contributed by atoms with E-state index in [1.54, 1.807) is 12.3 Å². The molecule has 0 spiro atoms. The van der Waals surface area contributed by atoms with Crippen LogP contribution in [-0.4, -0.2) is 57.9 Å². The maximum Gasteiger partial charge on any atom is 0.322 e. The van der Waals surface area contributed by atoms with Crippen LogP contribution in [-0.2, 0) is 13.1 Å². The molecule has 3 heterocycles.